The van der Waals surface area contributed by atoms with E-state index < -0.39 is 23.3 Å². The Balaban J connectivity index is 1.44. The average molecular weight is 449 g/mol. The third-order valence-electron chi connectivity index (χ3n) is 4.93. The normalized spacial score (nSPS) is 13.3. The van der Waals surface area contributed by atoms with Gasteiger partial charge in [0.2, 0.25) is 5.91 Å². The SMILES string of the molecule is O=C(CSc1nc(=O)n(Cc2ccco2)c2c1CCC2)Nc1ccc(C(F)(F)F)cc1. The van der Waals surface area contributed by atoms with Crippen molar-refractivity contribution in [3.63, 3.8) is 0 Å². The van der Waals surface area contributed by atoms with E-state index >= 15 is 0 Å². The summed E-state index contributed by atoms with van der Waals surface area (Å²) in [4.78, 5) is 29.0. The Morgan fingerprint density at radius 1 is 1.19 bits per heavy atom. The smallest absolute Gasteiger partial charge is 0.416 e. The summed E-state index contributed by atoms with van der Waals surface area (Å²) in [5.74, 6) is 0.259. The molecule has 31 heavy (non-hydrogen) atoms. The summed E-state index contributed by atoms with van der Waals surface area (Å²) >= 11 is 1.15. The van der Waals surface area contributed by atoms with E-state index in [0.29, 0.717) is 17.3 Å². The molecule has 1 aliphatic carbocycles. The second-order valence-electron chi connectivity index (χ2n) is 7.06. The average Bonchev–Trinajstić information content (AvgIpc) is 3.40. The number of amides is 1. The molecule has 1 amide bonds. The van der Waals surface area contributed by atoms with Crippen molar-refractivity contribution in [2.45, 2.75) is 37.0 Å². The van der Waals surface area contributed by atoms with Gasteiger partial charge in [0.1, 0.15) is 10.8 Å². The van der Waals surface area contributed by atoms with E-state index in [9.17, 15) is 22.8 Å². The summed E-state index contributed by atoms with van der Waals surface area (Å²) in [6.45, 7) is 0.306. The maximum atomic E-state index is 12.6. The molecule has 2 aromatic heterocycles. The molecule has 0 radical (unpaired) electrons. The van der Waals surface area contributed by atoms with Gasteiger partial charge in [0.25, 0.3) is 0 Å². The van der Waals surface area contributed by atoms with E-state index in [0.717, 1.165) is 54.4 Å². The van der Waals surface area contributed by atoms with Crippen LogP contribution in [0.2, 0.25) is 0 Å². The van der Waals surface area contributed by atoms with Gasteiger partial charge in [-0.3, -0.25) is 9.36 Å². The summed E-state index contributed by atoms with van der Waals surface area (Å²) in [5.41, 5.74) is 0.948. The van der Waals surface area contributed by atoms with E-state index in [-0.39, 0.29) is 11.4 Å². The number of furan rings is 1. The number of aromatic nitrogens is 2. The quantitative estimate of drug-likeness (QED) is 0.453. The van der Waals surface area contributed by atoms with Gasteiger partial charge in [-0.1, -0.05) is 11.8 Å². The van der Waals surface area contributed by atoms with Crippen LogP contribution in [0.1, 0.15) is 29.0 Å². The predicted octanol–water partition coefficient (Wildman–Crippen LogP) is 4.12. The lowest BCUT2D eigenvalue weighted by Gasteiger charge is -2.13. The number of nitrogens with one attached hydrogen (secondary N) is 1. The van der Waals surface area contributed by atoms with Crippen LogP contribution in [0.4, 0.5) is 18.9 Å². The molecule has 3 aromatic rings. The zero-order valence-corrected chi connectivity index (χ0v) is 17.1. The molecule has 1 aliphatic rings. The van der Waals surface area contributed by atoms with Crippen molar-refractivity contribution in [2.24, 2.45) is 0 Å². The minimum absolute atomic E-state index is 0.0118. The lowest BCUT2D eigenvalue weighted by atomic mass is 10.2. The van der Waals surface area contributed by atoms with E-state index in [1.807, 2.05) is 0 Å². The fourth-order valence-electron chi connectivity index (χ4n) is 3.50. The van der Waals surface area contributed by atoms with E-state index in [1.54, 1.807) is 23.0 Å². The highest BCUT2D eigenvalue weighted by molar-refractivity contribution is 8.00. The summed E-state index contributed by atoms with van der Waals surface area (Å²) in [6.07, 6.45) is -0.470. The first kappa shape index (κ1) is 21.2. The van der Waals surface area contributed by atoms with Crippen molar-refractivity contribution >= 4 is 23.4 Å². The molecule has 162 valence electrons. The standard InChI is InChI=1S/C21H18F3N3O3S/c22-21(23,24)13-6-8-14(9-7-13)25-18(28)12-31-19-16-4-1-5-17(16)27(20(29)26-19)11-15-3-2-10-30-15/h2-3,6-10H,1,4-5,11-12H2,(H,25,28). The van der Waals surface area contributed by atoms with Crippen LogP contribution in [0, 0.1) is 0 Å². The second kappa shape index (κ2) is 8.62. The molecule has 10 heteroatoms. The van der Waals surface area contributed by atoms with Crippen LogP contribution in [0.5, 0.6) is 0 Å². The molecular weight excluding hydrogens is 431 g/mol. The molecular formula is C21H18F3N3O3S. The number of halogens is 3. The number of anilines is 1. The van der Waals surface area contributed by atoms with E-state index in [1.165, 1.54) is 12.1 Å². The van der Waals surface area contributed by atoms with Gasteiger partial charge < -0.3 is 9.73 Å². The van der Waals surface area contributed by atoms with E-state index in [2.05, 4.69) is 10.3 Å². The Morgan fingerprint density at radius 3 is 2.65 bits per heavy atom. The molecule has 0 bridgehead atoms. The minimum Gasteiger partial charge on any atom is -0.467 e. The molecule has 2 heterocycles. The monoisotopic (exact) mass is 449 g/mol. The molecule has 0 spiro atoms. The highest BCUT2D eigenvalue weighted by atomic mass is 32.2. The molecule has 4 rings (SSSR count). The summed E-state index contributed by atoms with van der Waals surface area (Å²) in [6, 6.07) is 7.79. The molecule has 1 aromatic carbocycles. The van der Waals surface area contributed by atoms with Crippen LogP contribution in [0.25, 0.3) is 0 Å². The fraction of sp³-hybridized carbons (Fsp3) is 0.286. The van der Waals surface area contributed by atoms with Crippen LogP contribution < -0.4 is 11.0 Å². The fourth-order valence-corrected chi connectivity index (χ4v) is 4.38. The number of carbonyl (C=O) groups excluding carboxylic acids is 1. The van der Waals surface area contributed by atoms with Gasteiger partial charge in [0.05, 0.1) is 24.1 Å². The molecule has 0 atom stereocenters. The zero-order chi connectivity index (χ0) is 22.0. The number of alkyl halides is 3. The van der Waals surface area contributed by atoms with Crippen molar-refractivity contribution in [1.29, 1.82) is 0 Å². The van der Waals surface area contributed by atoms with Gasteiger partial charge in [-0.15, -0.1) is 0 Å². The Bertz CT molecular complexity index is 1140. The molecule has 0 aliphatic heterocycles. The van der Waals surface area contributed by atoms with Crippen LogP contribution in [-0.4, -0.2) is 21.2 Å². The number of benzene rings is 1. The lowest BCUT2D eigenvalue weighted by molar-refractivity contribution is -0.137. The number of fused-ring (bicyclic) bond motifs is 1. The van der Waals surface area contributed by atoms with Crippen molar-refractivity contribution in [2.75, 3.05) is 11.1 Å². The first-order valence-electron chi connectivity index (χ1n) is 9.56. The number of nitrogens with zero attached hydrogens (tertiary/aromatic N) is 2. The maximum Gasteiger partial charge on any atom is 0.416 e. The number of hydrogen-bond acceptors (Lipinski definition) is 5. The number of thioether (sulfide) groups is 1. The van der Waals surface area contributed by atoms with Gasteiger partial charge in [0, 0.05) is 16.9 Å². The van der Waals surface area contributed by atoms with Gasteiger partial charge in [-0.05, 0) is 55.7 Å². The molecule has 1 N–H and O–H groups in total. The lowest BCUT2D eigenvalue weighted by Crippen LogP contribution is -2.28. The Kier molecular flexibility index (Phi) is 5.90. The highest BCUT2D eigenvalue weighted by Gasteiger charge is 2.30. The first-order chi connectivity index (χ1) is 14.8. The Hall–Kier alpha value is -3.01. The molecule has 0 saturated carbocycles. The topological polar surface area (TPSA) is 77.1 Å². The third kappa shape index (κ3) is 4.84. The third-order valence-corrected chi connectivity index (χ3v) is 5.95. The summed E-state index contributed by atoms with van der Waals surface area (Å²) < 4.78 is 44.8. The maximum absolute atomic E-state index is 12.6. The second-order valence-corrected chi connectivity index (χ2v) is 8.02. The molecule has 6 nitrogen and oxygen atoms in total. The molecule has 0 unspecified atom stereocenters. The van der Waals surface area contributed by atoms with Crippen LogP contribution in [0.15, 0.2) is 56.9 Å². The van der Waals surface area contributed by atoms with E-state index in [4.69, 9.17) is 4.42 Å². The summed E-state index contributed by atoms with van der Waals surface area (Å²) in [5, 5.41) is 3.09. The Morgan fingerprint density at radius 2 is 1.97 bits per heavy atom. The summed E-state index contributed by atoms with van der Waals surface area (Å²) in [7, 11) is 0. The van der Waals surface area contributed by atoms with Crippen LogP contribution >= 0.6 is 11.8 Å². The van der Waals surface area contributed by atoms with Gasteiger partial charge in [-0.25, -0.2) is 4.79 Å². The Labute approximate surface area is 179 Å². The van der Waals surface area contributed by atoms with Gasteiger partial charge >= 0.3 is 11.9 Å². The van der Waals surface area contributed by atoms with Crippen molar-refractivity contribution in [1.82, 2.24) is 9.55 Å². The largest absolute Gasteiger partial charge is 0.467 e. The number of carbonyl (C=O) groups is 1. The minimum atomic E-state index is -4.43. The number of hydrogen-bond donors (Lipinski definition) is 1. The van der Waals surface area contributed by atoms with Gasteiger partial charge in [-0.2, -0.15) is 18.2 Å². The zero-order valence-electron chi connectivity index (χ0n) is 16.2. The van der Waals surface area contributed by atoms with Crippen molar-refractivity contribution in [3.8, 4) is 0 Å². The molecule has 0 fully saturated rings. The highest BCUT2D eigenvalue weighted by Crippen LogP contribution is 2.31. The van der Waals surface area contributed by atoms with Gasteiger partial charge in [0.15, 0.2) is 0 Å². The van der Waals surface area contributed by atoms with Crippen LogP contribution in [0.3, 0.4) is 0 Å². The molecule has 0 saturated heterocycles. The van der Waals surface area contributed by atoms with Crippen molar-refractivity contribution < 1.29 is 22.4 Å². The van der Waals surface area contributed by atoms with Crippen molar-refractivity contribution in [3.05, 3.63) is 75.7 Å². The predicted molar refractivity (Wildman–Crippen MR) is 109 cm³/mol. The number of rotatable bonds is 6. The first-order valence-corrected chi connectivity index (χ1v) is 10.5. The van der Waals surface area contributed by atoms with Crippen LogP contribution in [-0.2, 0) is 30.4 Å².